The summed E-state index contributed by atoms with van der Waals surface area (Å²) in [6.45, 7) is 1.65. The zero-order valence-electron chi connectivity index (χ0n) is 16.9. The van der Waals surface area contributed by atoms with E-state index < -0.39 is 10.9 Å². The van der Waals surface area contributed by atoms with Crippen molar-refractivity contribution in [3.63, 3.8) is 0 Å². The molecule has 1 amide bonds. The number of thiophene rings is 1. The number of nitrogens with one attached hydrogen (secondary N) is 2. The van der Waals surface area contributed by atoms with Crippen molar-refractivity contribution in [1.29, 1.82) is 0 Å². The fourth-order valence-electron chi connectivity index (χ4n) is 2.51. The van der Waals surface area contributed by atoms with E-state index in [9.17, 15) is 19.7 Å². The van der Waals surface area contributed by atoms with Crippen molar-refractivity contribution < 1.29 is 24.0 Å². The SMILES string of the molecule is COC(=O)c1c(NC(=S)Nc2ccc([N+](=O)[O-])cc2OC)sc(C(=O)N(C)C)c1C. The number of thiocarbonyl (C=S) groups is 1. The number of hydrogen-bond donors (Lipinski definition) is 2. The molecule has 0 spiro atoms. The number of amides is 1. The molecule has 0 radical (unpaired) electrons. The van der Waals surface area contributed by atoms with Crippen LogP contribution < -0.4 is 15.4 Å². The number of benzene rings is 1. The number of ether oxygens (including phenoxy) is 2. The summed E-state index contributed by atoms with van der Waals surface area (Å²) in [4.78, 5) is 36.9. The molecule has 10 nitrogen and oxygen atoms in total. The van der Waals surface area contributed by atoms with Gasteiger partial charge in [0.15, 0.2) is 5.11 Å². The van der Waals surface area contributed by atoms with Gasteiger partial charge in [0, 0.05) is 20.2 Å². The summed E-state index contributed by atoms with van der Waals surface area (Å²) in [7, 11) is 5.84. The van der Waals surface area contributed by atoms with Crippen LogP contribution in [0.3, 0.4) is 0 Å². The van der Waals surface area contributed by atoms with Gasteiger partial charge >= 0.3 is 5.97 Å². The Morgan fingerprint density at radius 1 is 1.23 bits per heavy atom. The largest absolute Gasteiger partial charge is 0.494 e. The van der Waals surface area contributed by atoms with Crippen LogP contribution in [-0.2, 0) is 4.74 Å². The lowest BCUT2D eigenvalue weighted by atomic mass is 10.1. The van der Waals surface area contributed by atoms with E-state index >= 15 is 0 Å². The maximum absolute atomic E-state index is 12.4. The van der Waals surface area contributed by atoms with Crippen LogP contribution in [0.25, 0.3) is 0 Å². The number of carbonyl (C=O) groups is 2. The van der Waals surface area contributed by atoms with Crippen LogP contribution in [0, 0.1) is 17.0 Å². The standard InChI is InChI=1S/C18H20N4O6S2/c1-9-13(17(24)28-5)15(30-14(9)16(23)21(2)3)20-18(29)19-11-7-6-10(22(25)26)8-12(11)27-4/h6-8H,1-5H3,(H2,19,20,29). The number of nitro benzene ring substituents is 1. The van der Waals surface area contributed by atoms with Crippen molar-refractivity contribution >= 4 is 56.9 Å². The molecule has 0 aliphatic carbocycles. The van der Waals surface area contributed by atoms with Crippen LogP contribution in [0.1, 0.15) is 25.6 Å². The van der Waals surface area contributed by atoms with E-state index in [1.807, 2.05) is 0 Å². The summed E-state index contributed by atoms with van der Waals surface area (Å²) < 4.78 is 10.0. The van der Waals surface area contributed by atoms with Gasteiger partial charge in [-0.05, 0) is 30.8 Å². The second-order valence-electron chi connectivity index (χ2n) is 6.17. The van der Waals surface area contributed by atoms with Gasteiger partial charge in [-0.1, -0.05) is 0 Å². The monoisotopic (exact) mass is 452 g/mol. The van der Waals surface area contributed by atoms with E-state index in [-0.39, 0.29) is 28.0 Å². The second-order valence-corrected chi connectivity index (χ2v) is 7.60. The molecular weight excluding hydrogens is 432 g/mol. The first kappa shape index (κ1) is 23.0. The third kappa shape index (κ3) is 4.83. The summed E-state index contributed by atoms with van der Waals surface area (Å²) in [5.74, 6) is -0.654. The number of esters is 1. The molecule has 0 saturated carbocycles. The quantitative estimate of drug-likeness (QED) is 0.294. The molecule has 30 heavy (non-hydrogen) atoms. The maximum Gasteiger partial charge on any atom is 0.341 e. The summed E-state index contributed by atoms with van der Waals surface area (Å²) >= 11 is 6.38. The Morgan fingerprint density at radius 2 is 1.90 bits per heavy atom. The number of anilines is 2. The molecule has 160 valence electrons. The van der Waals surface area contributed by atoms with Gasteiger partial charge in [-0.2, -0.15) is 0 Å². The van der Waals surface area contributed by atoms with E-state index in [4.69, 9.17) is 21.7 Å². The van der Waals surface area contributed by atoms with E-state index in [1.54, 1.807) is 21.0 Å². The highest BCUT2D eigenvalue weighted by atomic mass is 32.1. The lowest BCUT2D eigenvalue weighted by Crippen LogP contribution is -2.21. The molecular formula is C18H20N4O6S2. The molecule has 0 unspecified atom stereocenters. The number of rotatable bonds is 6. The van der Waals surface area contributed by atoms with Gasteiger partial charge in [-0.25, -0.2) is 4.79 Å². The number of methoxy groups -OCH3 is 2. The van der Waals surface area contributed by atoms with Gasteiger partial charge in [0.05, 0.1) is 41.3 Å². The van der Waals surface area contributed by atoms with Crippen LogP contribution in [0.15, 0.2) is 18.2 Å². The summed E-state index contributed by atoms with van der Waals surface area (Å²) in [6, 6.07) is 4.01. The second kappa shape index (κ2) is 9.50. The Bertz CT molecular complexity index is 1020. The van der Waals surface area contributed by atoms with Crippen LogP contribution in [-0.4, -0.2) is 55.1 Å². The topological polar surface area (TPSA) is 123 Å². The van der Waals surface area contributed by atoms with Crippen molar-refractivity contribution in [2.24, 2.45) is 0 Å². The minimum atomic E-state index is -0.611. The first-order valence-electron chi connectivity index (χ1n) is 8.44. The number of nitro groups is 1. The minimum absolute atomic E-state index is 0.0948. The molecule has 0 atom stereocenters. The zero-order valence-corrected chi connectivity index (χ0v) is 18.5. The lowest BCUT2D eigenvalue weighted by molar-refractivity contribution is -0.384. The van der Waals surface area contributed by atoms with E-state index in [1.165, 1.54) is 37.3 Å². The smallest absolute Gasteiger partial charge is 0.341 e. The Balaban J connectivity index is 2.34. The fraction of sp³-hybridized carbons (Fsp3) is 0.278. The Kier molecular flexibility index (Phi) is 7.29. The Hall–Kier alpha value is -3.25. The zero-order chi connectivity index (χ0) is 22.6. The molecule has 1 aromatic carbocycles. The van der Waals surface area contributed by atoms with Gasteiger partial charge in [-0.3, -0.25) is 14.9 Å². The minimum Gasteiger partial charge on any atom is -0.494 e. The third-order valence-corrected chi connectivity index (χ3v) is 5.41. The Morgan fingerprint density at radius 3 is 2.43 bits per heavy atom. The highest BCUT2D eigenvalue weighted by Gasteiger charge is 2.26. The van der Waals surface area contributed by atoms with Crippen molar-refractivity contribution in [3.8, 4) is 5.75 Å². The van der Waals surface area contributed by atoms with Crippen LogP contribution in [0.2, 0.25) is 0 Å². The molecule has 1 aromatic heterocycles. The molecule has 2 N–H and O–H groups in total. The molecule has 1 heterocycles. The van der Waals surface area contributed by atoms with Gasteiger partial charge in [0.2, 0.25) is 0 Å². The van der Waals surface area contributed by atoms with Crippen LogP contribution in [0.5, 0.6) is 5.75 Å². The molecule has 0 saturated heterocycles. The average molecular weight is 453 g/mol. The molecule has 0 fully saturated rings. The van der Waals surface area contributed by atoms with Gasteiger partial charge in [0.25, 0.3) is 11.6 Å². The molecule has 0 aliphatic heterocycles. The van der Waals surface area contributed by atoms with Crippen molar-refractivity contribution in [2.45, 2.75) is 6.92 Å². The fourth-order valence-corrected chi connectivity index (χ4v) is 4.01. The summed E-state index contributed by atoms with van der Waals surface area (Å²) in [6.07, 6.45) is 0. The number of hydrogen-bond acceptors (Lipinski definition) is 8. The van der Waals surface area contributed by atoms with Gasteiger partial charge in [-0.15, -0.1) is 11.3 Å². The number of non-ortho nitro benzene ring substituents is 1. The first-order valence-corrected chi connectivity index (χ1v) is 9.66. The number of nitrogens with zero attached hydrogens (tertiary/aromatic N) is 2. The van der Waals surface area contributed by atoms with E-state index in [0.717, 1.165) is 11.3 Å². The highest BCUT2D eigenvalue weighted by Crippen LogP contribution is 2.35. The highest BCUT2D eigenvalue weighted by molar-refractivity contribution is 7.80. The Labute approximate surface area is 181 Å². The molecule has 0 bridgehead atoms. The molecule has 2 aromatic rings. The summed E-state index contributed by atoms with van der Waals surface area (Å²) in [5, 5.41) is 17.1. The summed E-state index contributed by atoms with van der Waals surface area (Å²) in [5.41, 5.74) is 0.930. The molecule has 0 aliphatic rings. The normalized spacial score (nSPS) is 10.2. The van der Waals surface area contributed by atoms with E-state index in [2.05, 4.69) is 10.6 Å². The molecule has 12 heteroatoms. The number of carbonyl (C=O) groups excluding carboxylic acids is 2. The predicted octanol–water partition coefficient (Wildman–Crippen LogP) is 3.27. The van der Waals surface area contributed by atoms with Crippen molar-refractivity contribution in [2.75, 3.05) is 38.9 Å². The third-order valence-electron chi connectivity index (χ3n) is 4.01. The predicted molar refractivity (Wildman–Crippen MR) is 118 cm³/mol. The average Bonchev–Trinajstić information content (AvgIpc) is 3.02. The molecule has 2 rings (SSSR count). The van der Waals surface area contributed by atoms with Crippen molar-refractivity contribution in [1.82, 2.24) is 4.90 Å². The van der Waals surface area contributed by atoms with E-state index in [0.29, 0.717) is 21.1 Å². The van der Waals surface area contributed by atoms with Crippen LogP contribution in [0.4, 0.5) is 16.4 Å². The van der Waals surface area contributed by atoms with Gasteiger partial charge < -0.3 is 25.0 Å². The lowest BCUT2D eigenvalue weighted by Gasteiger charge is -2.13. The van der Waals surface area contributed by atoms with Crippen LogP contribution >= 0.6 is 23.6 Å². The van der Waals surface area contributed by atoms with Crippen molar-refractivity contribution in [3.05, 3.63) is 44.3 Å². The first-order chi connectivity index (χ1) is 14.1. The maximum atomic E-state index is 12.4. The van der Waals surface area contributed by atoms with Gasteiger partial charge in [0.1, 0.15) is 10.8 Å².